The molecule has 286 valence electrons. The van der Waals surface area contributed by atoms with E-state index in [0.29, 0.717) is 85.7 Å². The molecule has 18 heteroatoms. The van der Waals surface area contributed by atoms with E-state index in [1.54, 1.807) is 14.2 Å². The fourth-order valence-electron chi connectivity index (χ4n) is 3.90. The molecule has 1 rings (SSSR count). The molecule has 50 heavy (non-hydrogen) atoms. The van der Waals surface area contributed by atoms with Crippen molar-refractivity contribution in [3.8, 4) is 0 Å². The molecule has 2 amide bonds. The van der Waals surface area contributed by atoms with Gasteiger partial charge in [0.1, 0.15) is 11.6 Å². The monoisotopic (exact) mass is 716 g/mol. The van der Waals surface area contributed by atoms with Gasteiger partial charge in [0.05, 0.1) is 105 Å². The van der Waals surface area contributed by atoms with Crippen LogP contribution in [0.4, 0.5) is 11.6 Å². The van der Waals surface area contributed by atoms with E-state index in [4.69, 9.17) is 49.4 Å². The summed E-state index contributed by atoms with van der Waals surface area (Å²) in [6, 6.07) is 0. The molecule has 0 aliphatic heterocycles. The summed E-state index contributed by atoms with van der Waals surface area (Å²) in [4.78, 5) is 57.2. The molecule has 0 radical (unpaired) electrons. The Balaban J connectivity index is 2.16. The molecule has 1 aromatic heterocycles. The molecule has 1 aromatic rings. The van der Waals surface area contributed by atoms with Crippen LogP contribution >= 0.6 is 0 Å². The van der Waals surface area contributed by atoms with Crippen LogP contribution in [-0.2, 0) is 58.7 Å². The SMILES string of the molecule is COCCOCCOCCOCCC(=O)CCCNC(=O)c1nc(N)c(CCC(=O)CNC(=O)CCOCCOCCOCCOC)nc1N. The number of hydrogen-bond acceptors (Lipinski definition) is 16. The number of carbonyl (C=O) groups is 4. The van der Waals surface area contributed by atoms with E-state index in [-0.39, 0.29) is 98.9 Å². The first-order chi connectivity index (χ1) is 24.3. The summed E-state index contributed by atoms with van der Waals surface area (Å²) in [5.74, 6) is -1.30. The lowest BCUT2D eigenvalue weighted by atomic mass is 10.1. The predicted octanol–water partition coefficient (Wildman–Crippen LogP) is -0.489. The lowest BCUT2D eigenvalue weighted by Crippen LogP contribution is -2.30. The lowest BCUT2D eigenvalue weighted by Gasteiger charge is -2.10. The van der Waals surface area contributed by atoms with Gasteiger partial charge in [-0.05, 0) is 6.42 Å². The summed E-state index contributed by atoms with van der Waals surface area (Å²) in [6.07, 6.45) is 1.21. The number of nitrogen functional groups attached to an aromatic ring is 2. The van der Waals surface area contributed by atoms with Gasteiger partial charge in [0.25, 0.3) is 5.91 Å². The minimum atomic E-state index is -0.577. The second-order valence-corrected chi connectivity index (χ2v) is 10.7. The van der Waals surface area contributed by atoms with E-state index in [0.717, 1.165) is 0 Å². The molecule has 0 aliphatic carbocycles. The molecule has 1 heterocycles. The normalized spacial score (nSPS) is 11.1. The number of methoxy groups -OCH3 is 2. The van der Waals surface area contributed by atoms with Crippen molar-refractivity contribution in [1.29, 1.82) is 0 Å². The summed E-state index contributed by atoms with van der Waals surface area (Å²) >= 11 is 0. The van der Waals surface area contributed by atoms with Crippen LogP contribution < -0.4 is 22.1 Å². The molecule has 0 spiro atoms. The van der Waals surface area contributed by atoms with Gasteiger partial charge in [-0.2, -0.15) is 0 Å². The van der Waals surface area contributed by atoms with Gasteiger partial charge in [-0.25, -0.2) is 9.97 Å². The maximum Gasteiger partial charge on any atom is 0.273 e. The first kappa shape index (κ1) is 44.7. The van der Waals surface area contributed by atoms with Crippen molar-refractivity contribution in [2.75, 3.05) is 131 Å². The van der Waals surface area contributed by atoms with Gasteiger partial charge >= 0.3 is 0 Å². The largest absolute Gasteiger partial charge is 0.382 e. The highest BCUT2D eigenvalue weighted by Crippen LogP contribution is 2.15. The number of aromatic nitrogens is 2. The summed E-state index contributed by atoms with van der Waals surface area (Å²) < 4.78 is 41.8. The number of rotatable bonds is 34. The van der Waals surface area contributed by atoms with E-state index in [9.17, 15) is 19.2 Å². The Morgan fingerprint density at radius 1 is 0.560 bits per heavy atom. The number of Topliss-reactive ketones (excluding diaryl/α,β-unsaturated/α-hetero) is 2. The van der Waals surface area contributed by atoms with Crippen LogP contribution in [-0.4, -0.2) is 153 Å². The minimum Gasteiger partial charge on any atom is -0.382 e. The van der Waals surface area contributed by atoms with Crippen LogP contribution in [0.2, 0.25) is 0 Å². The maximum atomic E-state index is 12.6. The molecule has 0 bridgehead atoms. The van der Waals surface area contributed by atoms with Crippen molar-refractivity contribution in [2.24, 2.45) is 0 Å². The molecule has 0 saturated carbocycles. The van der Waals surface area contributed by atoms with Gasteiger partial charge < -0.3 is 60.0 Å². The highest BCUT2D eigenvalue weighted by atomic mass is 16.6. The number of hydrogen-bond donors (Lipinski definition) is 4. The van der Waals surface area contributed by atoms with Crippen LogP contribution in [0, 0.1) is 0 Å². The number of ketones is 2. The number of aryl methyl sites for hydroxylation is 1. The van der Waals surface area contributed by atoms with E-state index in [1.807, 2.05) is 0 Å². The van der Waals surface area contributed by atoms with E-state index >= 15 is 0 Å². The van der Waals surface area contributed by atoms with Crippen molar-refractivity contribution in [2.45, 2.75) is 38.5 Å². The Kier molecular flexibility index (Phi) is 27.2. The zero-order valence-corrected chi connectivity index (χ0v) is 29.5. The van der Waals surface area contributed by atoms with E-state index in [1.165, 1.54) is 0 Å². The molecule has 0 atom stereocenters. The number of ether oxygens (including phenoxy) is 8. The minimum absolute atomic E-state index is 0.0106. The Labute approximate surface area is 293 Å². The van der Waals surface area contributed by atoms with Crippen molar-refractivity contribution >= 4 is 35.0 Å². The summed E-state index contributed by atoms with van der Waals surface area (Å²) in [5.41, 5.74) is 12.0. The van der Waals surface area contributed by atoms with Crippen LogP contribution in [0.5, 0.6) is 0 Å². The Hall–Kier alpha value is -3.36. The van der Waals surface area contributed by atoms with Gasteiger partial charge in [0.2, 0.25) is 5.91 Å². The van der Waals surface area contributed by atoms with Crippen molar-refractivity contribution in [1.82, 2.24) is 20.6 Å². The highest BCUT2D eigenvalue weighted by molar-refractivity contribution is 5.96. The van der Waals surface area contributed by atoms with Gasteiger partial charge in [-0.3, -0.25) is 19.2 Å². The molecular weight excluding hydrogens is 660 g/mol. The second-order valence-electron chi connectivity index (χ2n) is 10.7. The summed E-state index contributed by atoms with van der Waals surface area (Å²) in [6.45, 7) is 5.98. The smallest absolute Gasteiger partial charge is 0.273 e. The average Bonchev–Trinajstić information content (AvgIpc) is 3.10. The third kappa shape index (κ3) is 23.9. The number of anilines is 2. The molecule has 0 unspecified atom stereocenters. The van der Waals surface area contributed by atoms with Crippen LogP contribution in [0.25, 0.3) is 0 Å². The molecule has 0 saturated heterocycles. The Bertz CT molecular complexity index is 1100. The molecular formula is C32H56N6O12. The Morgan fingerprint density at radius 3 is 1.60 bits per heavy atom. The standard InChI is InChI=1S/C32H56N6O12/c1-43-12-14-47-20-22-49-18-16-45-10-7-25(39)4-3-9-35-32(42)29-31(34)37-27(30(33)38-29)6-5-26(40)24-36-28(41)8-11-46-17-19-50-23-21-48-15-13-44-2/h3-24H2,1-2H3,(H2,33,38)(H2,34,37)(H,35,42)(H,36,41). The lowest BCUT2D eigenvalue weighted by molar-refractivity contribution is -0.126. The predicted molar refractivity (Wildman–Crippen MR) is 182 cm³/mol. The third-order valence-corrected chi connectivity index (χ3v) is 6.63. The molecule has 0 fully saturated rings. The number of nitrogens with zero attached hydrogens (tertiary/aromatic N) is 2. The van der Waals surface area contributed by atoms with E-state index in [2.05, 4.69) is 20.6 Å². The number of carbonyl (C=O) groups excluding carboxylic acids is 4. The first-order valence-corrected chi connectivity index (χ1v) is 16.7. The highest BCUT2D eigenvalue weighted by Gasteiger charge is 2.17. The van der Waals surface area contributed by atoms with Crippen molar-refractivity contribution < 1.29 is 57.1 Å². The van der Waals surface area contributed by atoms with Crippen LogP contribution in [0.1, 0.15) is 48.3 Å². The topological polar surface area (TPSA) is 244 Å². The fourth-order valence-corrected chi connectivity index (χ4v) is 3.90. The average molecular weight is 717 g/mol. The second kappa shape index (κ2) is 30.5. The molecule has 6 N–H and O–H groups in total. The van der Waals surface area contributed by atoms with Gasteiger partial charge in [-0.1, -0.05) is 0 Å². The summed E-state index contributed by atoms with van der Waals surface area (Å²) in [5, 5.41) is 5.21. The quantitative estimate of drug-likeness (QED) is 0.0658. The third-order valence-electron chi connectivity index (χ3n) is 6.63. The Morgan fingerprint density at radius 2 is 1.06 bits per heavy atom. The molecule has 18 nitrogen and oxygen atoms in total. The van der Waals surface area contributed by atoms with Gasteiger partial charge in [0.15, 0.2) is 17.3 Å². The zero-order chi connectivity index (χ0) is 36.7. The summed E-state index contributed by atoms with van der Waals surface area (Å²) in [7, 11) is 3.21. The number of nitrogens with two attached hydrogens (primary N) is 2. The van der Waals surface area contributed by atoms with Gasteiger partial charge in [-0.15, -0.1) is 0 Å². The molecule has 0 aromatic carbocycles. The van der Waals surface area contributed by atoms with Crippen molar-refractivity contribution in [3.05, 3.63) is 11.4 Å². The fraction of sp³-hybridized carbons (Fsp3) is 0.750. The van der Waals surface area contributed by atoms with Crippen molar-refractivity contribution in [3.63, 3.8) is 0 Å². The van der Waals surface area contributed by atoms with E-state index < -0.39 is 5.91 Å². The van der Waals surface area contributed by atoms with Crippen LogP contribution in [0.3, 0.4) is 0 Å². The zero-order valence-electron chi connectivity index (χ0n) is 29.5. The number of nitrogens with one attached hydrogen (secondary N) is 2. The van der Waals surface area contributed by atoms with Gasteiger partial charge in [0, 0.05) is 52.9 Å². The number of amides is 2. The maximum absolute atomic E-state index is 12.6. The first-order valence-electron chi connectivity index (χ1n) is 16.7. The van der Waals surface area contributed by atoms with Crippen LogP contribution in [0.15, 0.2) is 0 Å². The molecule has 0 aliphatic rings.